The third-order valence-electron chi connectivity index (χ3n) is 1.45. The van der Waals surface area contributed by atoms with E-state index >= 15 is 0 Å². The Bertz CT molecular complexity index is 95.2. The Labute approximate surface area is 57.3 Å². The highest BCUT2D eigenvalue weighted by Gasteiger charge is 1.85. The molecule has 0 aromatic carbocycles. The molecular weight excluding hydrogens is 108 g/mol. The van der Waals surface area contributed by atoms with Crippen LogP contribution in [0.5, 0.6) is 0 Å². The standard InChI is InChI=1S/C9H13/c1-2-4-6-8-9-7-5-3-1/h1-2,5-7H,3-4,8-9H2. The topological polar surface area (TPSA) is 0 Å². The molecule has 0 atom stereocenters. The molecule has 0 heterocycles. The largest absolute Gasteiger partial charge is 0.0882 e. The number of hydrogen-bond acceptors (Lipinski definition) is 0. The molecule has 1 aliphatic carbocycles. The van der Waals surface area contributed by atoms with E-state index in [0.717, 1.165) is 12.8 Å². The van der Waals surface area contributed by atoms with Crippen LogP contribution in [0.25, 0.3) is 0 Å². The molecule has 0 N–H and O–H groups in total. The maximum absolute atomic E-state index is 2.33. The smallest absolute Gasteiger partial charge is 0.0169 e. The van der Waals surface area contributed by atoms with Gasteiger partial charge in [0, 0.05) is 0 Å². The van der Waals surface area contributed by atoms with E-state index in [2.05, 4.69) is 30.7 Å². The molecule has 0 saturated carbocycles. The van der Waals surface area contributed by atoms with Crippen LogP contribution in [0.4, 0.5) is 0 Å². The zero-order valence-corrected chi connectivity index (χ0v) is 5.72. The van der Waals surface area contributed by atoms with Crippen molar-refractivity contribution in [1.82, 2.24) is 0 Å². The van der Waals surface area contributed by atoms with Crippen LogP contribution in [0.3, 0.4) is 0 Å². The van der Waals surface area contributed by atoms with Crippen molar-refractivity contribution in [3.8, 4) is 0 Å². The molecule has 0 unspecified atom stereocenters. The predicted molar refractivity (Wildman–Crippen MR) is 41.0 cm³/mol. The fraction of sp³-hybridized carbons (Fsp3) is 0.444. The van der Waals surface area contributed by atoms with Crippen LogP contribution in [0.2, 0.25) is 0 Å². The van der Waals surface area contributed by atoms with E-state index < -0.39 is 0 Å². The Kier molecular flexibility index (Phi) is 3.20. The second-order valence-corrected chi connectivity index (χ2v) is 2.28. The van der Waals surface area contributed by atoms with E-state index in [1.165, 1.54) is 12.8 Å². The SMILES string of the molecule is [CH]1CC=CCC=CCC1. The molecule has 0 heteroatoms. The average Bonchev–Trinajstić information content (AvgIpc) is 2.00. The fourth-order valence-electron chi connectivity index (χ4n) is 0.913. The van der Waals surface area contributed by atoms with Crippen molar-refractivity contribution in [2.75, 3.05) is 0 Å². The van der Waals surface area contributed by atoms with Gasteiger partial charge >= 0.3 is 0 Å². The van der Waals surface area contributed by atoms with Crippen molar-refractivity contribution in [2.24, 2.45) is 0 Å². The first-order valence-corrected chi connectivity index (χ1v) is 3.62. The Hall–Kier alpha value is -0.520. The van der Waals surface area contributed by atoms with Gasteiger partial charge in [-0.3, -0.25) is 0 Å². The van der Waals surface area contributed by atoms with E-state index in [4.69, 9.17) is 0 Å². The van der Waals surface area contributed by atoms with Crippen LogP contribution >= 0.6 is 0 Å². The van der Waals surface area contributed by atoms with Gasteiger partial charge in [-0.05, 0) is 32.1 Å². The summed E-state index contributed by atoms with van der Waals surface area (Å²) in [5.74, 6) is 0. The van der Waals surface area contributed by atoms with E-state index in [-0.39, 0.29) is 0 Å². The molecule has 0 saturated heterocycles. The van der Waals surface area contributed by atoms with Gasteiger partial charge in [0.15, 0.2) is 0 Å². The van der Waals surface area contributed by atoms with Crippen LogP contribution in [-0.2, 0) is 0 Å². The van der Waals surface area contributed by atoms with Gasteiger partial charge < -0.3 is 0 Å². The first-order valence-electron chi connectivity index (χ1n) is 3.62. The lowest BCUT2D eigenvalue weighted by Crippen LogP contribution is -1.71. The molecule has 0 aromatic heterocycles. The zero-order valence-electron chi connectivity index (χ0n) is 5.72. The minimum Gasteiger partial charge on any atom is -0.0882 e. The summed E-state index contributed by atoms with van der Waals surface area (Å²) in [7, 11) is 0. The summed E-state index contributed by atoms with van der Waals surface area (Å²) in [6.45, 7) is 0. The highest BCUT2D eigenvalue weighted by molar-refractivity contribution is 4.97. The highest BCUT2D eigenvalue weighted by atomic mass is 13.9. The van der Waals surface area contributed by atoms with Crippen molar-refractivity contribution in [2.45, 2.75) is 25.7 Å². The van der Waals surface area contributed by atoms with Crippen molar-refractivity contribution in [1.29, 1.82) is 0 Å². The summed E-state index contributed by atoms with van der Waals surface area (Å²) in [6, 6.07) is 0. The molecule has 9 heavy (non-hydrogen) atoms. The van der Waals surface area contributed by atoms with Gasteiger partial charge in [0.05, 0.1) is 0 Å². The summed E-state index contributed by atoms with van der Waals surface area (Å²) in [6.07, 6.45) is 16.0. The van der Waals surface area contributed by atoms with Gasteiger partial charge in [-0.2, -0.15) is 0 Å². The molecule has 0 fully saturated rings. The molecule has 49 valence electrons. The first kappa shape index (κ1) is 6.60. The Morgan fingerprint density at radius 2 is 1.44 bits per heavy atom. The number of rotatable bonds is 0. The summed E-state index contributed by atoms with van der Waals surface area (Å²) in [5.41, 5.74) is 0. The van der Waals surface area contributed by atoms with Gasteiger partial charge in [0.2, 0.25) is 0 Å². The Morgan fingerprint density at radius 3 is 2.44 bits per heavy atom. The van der Waals surface area contributed by atoms with E-state index in [9.17, 15) is 0 Å². The van der Waals surface area contributed by atoms with Crippen molar-refractivity contribution in [3.05, 3.63) is 30.7 Å². The lowest BCUT2D eigenvalue weighted by molar-refractivity contribution is 0.936. The molecule has 0 nitrogen and oxygen atoms in total. The monoisotopic (exact) mass is 121 g/mol. The van der Waals surface area contributed by atoms with Crippen molar-refractivity contribution >= 4 is 0 Å². The Morgan fingerprint density at radius 1 is 0.667 bits per heavy atom. The molecule has 1 rings (SSSR count). The number of hydrogen-bond donors (Lipinski definition) is 0. The molecule has 1 radical (unpaired) electrons. The minimum absolute atomic E-state index is 1.12. The average molecular weight is 121 g/mol. The van der Waals surface area contributed by atoms with Crippen molar-refractivity contribution < 1.29 is 0 Å². The highest BCUT2D eigenvalue weighted by Crippen LogP contribution is 2.04. The van der Waals surface area contributed by atoms with Gasteiger partial charge in [0.1, 0.15) is 0 Å². The van der Waals surface area contributed by atoms with Crippen LogP contribution in [0, 0.1) is 6.42 Å². The van der Waals surface area contributed by atoms with Gasteiger partial charge in [-0.1, -0.05) is 24.3 Å². The van der Waals surface area contributed by atoms with Crippen LogP contribution in [0.15, 0.2) is 24.3 Å². The third kappa shape index (κ3) is 3.12. The predicted octanol–water partition coefficient (Wildman–Crippen LogP) is 2.88. The van der Waals surface area contributed by atoms with Crippen LogP contribution in [0.1, 0.15) is 25.7 Å². The summed E-state index contributed by atoms with van der Waals surface area (Å²) >= 11 is 0. The lowest BCUT2D eigenvalue weighted by Gasteiger charge is -1.88. The second-order valence-electron chi connectivity index (χ2n) is 2.28. The van der Waals surface area contributed by atoms with Crippen LogP contribution < -0.4 is 0 Å². The molecule has 0 aliphatic heterocycles. The summed E-state index contributed by atoms with van der Waals surface area (Å²) in [5, 5.41) is 0. The molecular formula is C9H13. The molecule has 0 aromatic rings. The minimum atomic E-state index is 1.12. The normalized spacial score (nSPS) is 20.4. The van der Waals surface area contributed by atoms with E-state index in [0.29, 0.717) is 0 Å². The fourth-order valence-corrected chi connectivity index (χ4v) is 0.913. The quantitative estimate of drug-likeness (QED) is 0.432. The molecule has 0 bridgehead atoms. The zero-order chi connectivity index (χ0) is 6.36. The maximum atomic E-state index is 2.33. The molecule has 1 aliphatic rings. The lowest BCUT2D eigenvalue weighted by atomic mass is 10.2. The van der Waals surface area contributed by atoms with Gasteiger partial charge in [-0.15, -0.1) is 0 Å². The van der Waals surface area contributed by atoms with E-state index in [1.54, 1.807) is 0 Å². The molecule has 0 spiro atoms. The second kappa shape index (κ2) is 4.37. The number of allylic oxidation sites excluding steroid dienone is 4. The summed E-state index contributed by atoms with van der Waals surface area (Å²) < 4.78 is 0. The van der Waals surface area contributed by atoms with Crippen LogP contribution in [-0.4, -0.2) is 0 Å². The Balaban J connectivity index is 2.28. The van der Waals surface area contributed by atoms with Gasteiger partial charge in [-0.25, -0.2) is 0 Å². The van der Waals surface area contributed by atoms with Crippen molar-refractivity contribution in [3.63, 3.8) is 0 Å². The summed E-state index contributed by atoms with van der Waals surface area (Å²) in [4.78, 5) is 0. The third-order valence-corrected chi connectivity index (χ3v) is 1.45. The van der Waals surface area contributed by atoms with Gasteiger partial charge in [0.25, 0.3) is 0 Å². The first-order chi connectivity index (χ1) is 4.50. The molecule has 0 amide bonds. The van der Waals surface area contributed by atoms with E-state index in [1.807, 2.05) is 0 Å². The maximum Gasteiger partial charge on any atom is -0.0169 e.